The smallest absolute Gasteiger partial charge is 0.230 e. The molecule has 1 saturated heterocycles. The van der Waals surface area contributed by atoms with E-state index in [0.717, 1.165) is 38.8 Å². The molecule has 0 radical (unpaired) electrons. The Morgan fingerprint density at radius 1 is 1.30 bits per heavy atom. The number of nitrogens with zero attached hydrogens (tertiary/aromatic N) is 1. The average Bonchev–Trinajstić information content (AvgIpc) is 2.45. The lowest BCUT2D eigenvalue weighted by Crippen LogP contribution is -2.50. The molecule has 108 valence electrons. The summed E-state index contributed by atoms with van der Waals surface area (Å²) in [4.78, 5) is 14.9. The van der Waals surface area contributed by atoms with Gasteiger partial charge in [-0.2, -0.15) is 0 Å². The summed E-state index contributed by atoms with van der Waals surface area (Å²) in [6.45, 7) is 3.78. The van der Waals surface area contributed by atoms with Crippen molar-refractivity contribution in [3.63, 3.8) is 0 Å². The number of rotatable bonds is 1. The van der Waals surface area contributed by atoms with Crippen LogP contribution in [0.4, 0.5) is 0 Å². The third-order valence-corrected chi connectivity index (χ3v) is 4.67. The molecule has 2 N–H and O–H groups in total. The SMILES string of the molecule is CC1CC(N)CN(C(=O)C2CCCc3ccccc32)C1. The van der Waals surface area contributed by atoms with Gasteiger partial charge in [0.2, 0.25) is 5.91 Å². The van der Waals surface area contributed by atoms with Crippen molar-refractivity contribution in [2.24, 2.45) is 11.7 Å². The molecule has 1 aromatic rings. The highest BCUT2D eigenvalue weighted by Crippen LogP contribution is 2.33. The summed E-state index contributed by atoms with van der Waals surface area (Å²) in [5, 5.41) is 0. The summed E-state index contributed by atoms with van der Waals surface area (Å²) >= 11 is 0. The van der Waals surface area contributed by atoms with Gasteiger partial charge in [-0.05, 0) is 42.7 Å². The maximum atomic E-state index is 12.9. The van der Waals surface area contributed by atoms with E-state index in [1.54, 1.807) is 0 Å². The molecule has 3 unspecified atom stereocenters. The molecular weight excluding hydrogens is 248 g/mol. The number of likely N-dealkylation sites (tertiary alicyclic amines) is 1. The fourth-order valence-corrected chi connectivity index (χ4v) is 3.81. The van der Waals surface area contributed by atoms with Gasteiger partial charge in [-0.15, -0.1) is 0 Å². The Balaban J connectivity index is 1.81. The maximum Gasteiger partial charge on any atom is 0.230 e. The summed E-state index contributed by atoms with van der Waals surface area (Å²) in [5.74, 6) is 0.859. The predicted octanol–water partition coefficient (Wildman–Crippen LogP) is 2.30. The zero-order chi connectivity index (χ0) is 14.1. The quantitative estimate of drug-likeness (QED) is 0.852. The van der Waals surface area contributed by atoms with E-state index in [-0.39, 0.29) is 12.0 Å². The van der Waals surface area contributed by atoms with Crippen molar-refractivity contribution >= 4 is 5.91 Å². The van der Waals surface area contributed by atoms with Crippen LogP contribution in [-0.2, 0) is 11.2 Å². The molecule has 3 heteroatoms. The Kier molecular flexibility index (Phi) is 3.79. The van der Waals surface area contributed by atoms with Crippen LogP contribution >= 0.6 is 0 Å². The van der Waals surface area contributed by atoms with Crippen LogP contribution in [-0.4, -0.2) is 29.9 Å². The Morgan fingerprint density at radius 2 is 2.10 bits per heavy atom. The third-order valence-electron chi connectivity index (χ3n) is 4.67. The molecule has 1 aromatic carbocycles. The summed E-state index contributed by atoms with van der Waals surface area (Å²) in [6.07, 6.45) is 4.24. The second-order valence-electron chi connectivity index (χ2n) is 6.49. The molecule has 0 aromatic heterocycles. The highest BCUT2D eigenvalue weighted by Gasteiger charge is 2.33. The highest BCUT2D eigenvalue weighted by atomic mass is 16.2. The molecule has 0 spiro atoms. The van der Waals surface area contributed by atoms with Crippen molar-refractivity contribution in [3.8, 4) is 0 Å². The van der Waals surface area contributed by atoms with Crippen molar-refractivity contribution in [2.75, 3.05) is 13.1 Å². The van der Waals surface area contributed by atoms with Gasteiger partial charge in [0.25, 0.3) is 0 Å². The van der Waals surface area contributed by atoms with Gasteiger partial charge in [-0.3, -0.25) is 4.79 Å². The molecule has 20 heavy (non-hydrogen) atoms. The molecule has 1 fully saturated rings. The lowest BCUT2D eigenvalue weighted by atomic mass is 9.81. The number of hydrogen-bond acceptors (Lipinski definition) is 2. The first-order valence-corrected chi connectivity index (χ1v) is 7.77. The van der Waals surface area contributed by atoms with Gasteiger partial charge in [0, 0.05) is 19.1 Å². The van der Waals surface area contributed by atoms with Crippen molar-refractivity contribution in [2.45, 2.75) is 44.6 Å². The average molecular weight is 272 g/mol. The molecule has 1 amide bonds. The van der Waals surface area contributed by atoms with Crippen molar-refractivity contribution < 1.29 is 4.79 Å². The van der Waals surface area contributed by atoms with Crippen LogP contribution in [0.15, 0.2) is 24.3 Å². The molecule has 3 nitrogen and oxygen atoms in total. The second kappa shape index (κ2) is 5.57. The zero-order valence-electron chi connectivity index (χ0n) is 12.2. The number of hydrogen-bond donors (Lipinski definition) is 1. The van der Waals surface area contributed by atoms with E-state index in [4.69, 9.17) is 5.73 Å². The van der Waals surface area contributed by atoms with Crippen LogP contribution in [0, 0.1) is 5.92 Å². The van der Waals surface area contributed by atoms with Gasteiger partial charge in [0.15, 0.2) is 0 Å². The fourth-order valence-electron chi connectivity index (χ4n) is 3.81. The first kappa shape index (κ1) is 13.6. The van der Waals surface area contributed by atoms with E-state index in [1.807, 2.05) is 4.90 Å². The van der Waals surface area contributed by atoms with Gasteiger partial charge < -0.3 is 10.6 Å². The van der Waals surface area contributed by atoms with E-state index < -0.39 is 0 Å². The first-order valence-electron chi connectivity index (χ1n) is 7.77. The number of carbonyl (C=O) groups excluding carboxylic acids is 1. The zero-order valence-corrected chi connectivity index (χ0v) is 12.2. The molecule has 3 atom stereocenters. The molecular formula is C17H24N2O. The first-order chi connectivity index (χ1) is 9.65. The minimum atomic E-state index is 0.0532. The molecule has 1 aliphatic carbocycles. The van der Waals surface area contributed by atoms with Crippen LogP contribution in [0.2, 0.25) is 0 Å². The fraction of sp³-hybridized carbons (Fsp3) is 0.588. The van der Waals surface area contributed by atoms with Gasteiger partial charge in [-0.25, -0.2) is 0 Å². The predicted molar refractivity (Wildman–Crippen MR) is 80.5 cm³/mol. The minimum Gasteiger partial charge on any atom is -0.340 e. The third kappa shape index (κ3) is 2.59. The largest absolute Gasteiger partial charge is 0.340 e. The highest BCUT2D eigenvalue weighted by molar-refractivity contribution is 5.84. The molecule has 0 saturated carbocycles. The van der Waals surface area contributed by atoms with Gasteiger partial charge in [0.05, 0.1) is 5.92 Å². The number of amides is 1. The van der Waals surface area contributed by atoms with E-state index in [2.05, 4.69) is 31.2 Å². The molecule has 2 aliphatic rings. The van der Waals surface area contributed by atoms with E-state index in [1.165, 1.54) is 11.1 Å². The number of carbonyl (C=O) groups is 1. The maximum absolute atomic E-state index is 12.9. The Labute approximate surface area is 121 Å². The van der Waals surface area contributed by atoms with Crippen molar-refractivity contribution in [1.29, 1.82) is 0 Å². The summed E-state index contributed by atoms with van der Waals surface area (Å²) in [7, 11) is 0. The minimum absolute atomic E-state index is 0.0532. The van der Waals surface area contributed by atoms with E-state index >= 15 is 0 Å². The summed E-state index contributed by atoms with van der Waals surface area (Å²) < 4.78 is 0. The van der Waals surface area contributed by atoms with Crippen LogP contribution in [0.25, 0.3) is 0 Å². The van der Waals surface area contributed by atoms with Gasteiger partial charge >= 0.3 is 0 Å². The normalized spacial score (nSPS) is 29.9. The number of benzene rings is 1. The molecule has 1 heterocycles. The standard InChI is InChI=1S/C17H24N2O/c1-12-9-14(18)11-19(10-12)17(20)16-8-4-6-13-5-2-3-7-15(13)16/h2-3,5,7,12,14,16H,4,6,8-11,18H2,1H3. The molecule has 0 bridgehead atoms. The molecule has 1 aliphatic heterocycles. The van der Waals surface area contributed by atoms with Crippen molar-refractivity contribution in [3.05, 3.63) is 35.4 Å². The Bertz CT molecular complexity index is 490. The number of fused-ring (bicyclic) bond motifs is 1. The summed E-state index contributed by atoms with van der Waals surface area (Å²) in [6, 6.07) is 8.56. The number of piperidine rings is 1. The Hall–Kier alpha value is -1.35. The van der Waals surface area contributed by atoms with Crippen LogP contribution in [0.1, 0.15) is 43.2 Å². The van der Waals surface area contributed by atoms with E-state index in [0.29, 0.717) is 11.8 Å². The lowest BCUT2D eigenvalue weighted by Gasteiger charge is -2.38. The Morgan fingerprint density at radius 3 is 2.90 bits per heavy atom. The van der Waals surface area contributed by atoms with Crippen molar-refractivity contribution in [1.82, 2.24) is 4.90 Å². The van der Waals surface area contributed by atoms with Crippen LogP contribution in [0.5, 0.6) is 0 Å². The van der Waals surface area contributed by atoms with Gasteiger partial charge in [0.1, 0.15) is 0 Å². The van der Waals surface area contributed by atoms with Crippen LogP contribution < -0.4 is 5.73 Å². The number of nitrogens with two attached hydrogens (primary N) is 1. The van der Waals surface area contributed by atoms with E-state index in [9.17, 15) is 4.79 Å². The lowest BCUT2D eigenvalue weighted by molar-refractivity contribution is -0.135. The van der Waals surface area contributed by atoms with Crippen LogP contribution in [0.3, 0.4) is 0 Å². The van der Waals surface area contributed by atoms with Gasteiger partial charge in [-0.1, -0.05) is 31.2 Å². The molecule has 3 rings (SSSR count). The summed E-state index contributed by atoms with van der Waals surface area (Å²) in [5.41, 5.74) is 8.68. The second-order valence-corrected chi connectivity index (χ2v) is 6.49. The monoisotopic (exact) mass is 272 g/mol. The number of aryl methyl sites for hydroxylation is 1. The topological polar surface area (TPSA) is 46.3 Å².